The first-order valence-corrected chi connectivity index (χ1v) is 7.50. The largest absolute Gasteiger partial charge is 0.481 e. The van der Waals surface area contributed by atoms with E-state index in [9.17, 15) is 9.59 Å². The van der Waals surface area contributed by atoms with Gasteiger partial charge in [-0.3, -0.25) is 9.59 Å². The fourth-order valence-corrected chi connectivity index (χ4v) is 1.97. The van der Waals surface area contributed by atoms with Crippen LogP contribution in [-0.4, -0.2) is 29.8 Å². The van der Waals surface area contributed by atoms with Gasteiger partial charge in [0.1, 0.15) is 0 Å². The molecule has 0 spiro atoms. The van der Waals surface area contributed by atoms with Gasteiger partial charge in [0.25, 0.3) is 5.91 Å². The number of carboxylic acid groups (broad SMARTS) is 1. The molecule has 0 radical (unpaired) electrons. The predicted octanol–water partition coefficient (Wildman–Crippen LogP) is 2.77. The Morgan fingerprint density at radius 2 is 2.00 bits per heavy atom. The van der Waals surface area contributed by atoms with Gasteiger partial charge in [-0.25, -0.2) is 0 Å². The summed E-state index contributed by atoms with van der Waals surface area (Å²) < 4.78 is 5.30. The molecule has 1 heterocycles. The van der Waals surface area contributed by atoms with Crippen molar-refractivity contribution in [1.29, 1.82) is 0 Å². The summed E-state index contributed by atoms with van der Waals surface area (Å²) in [6.07, 6.45) is 5.44. The van der Waals surface area contributed by atoms with Crippen LogP contribution in [0.3, 0.4) is 0 Å². The Labute approximate surface area is 116 Å². The Kier molecular flexibility index (Phi) is 7.10. The predicted molar refractivity (Wildman–Crippen MR) is 73.5 cm³/mol. The highest BCUT2D eigenvalue weighted by molar-refractivity contribution is 7.98. The summed E-state index contributed by atoms with van der Waals surface area (Å²) in [5.74, 6) is -0.628. The normalized spacial score (nSPS) is 10.4. The minimum atomic E-state index is -0.754. The van der Waals surface area contributed by atoms with Crippen LogP contribution < -0.4 is 5.32 Å². The van der Waals surface area contributed by atoms with Gasteiger partial charge in [-0.2, -0.15) is 0 Å². The average Bonchev–Trinajstić information content (AvgIpc) is 2.85. The molecule has 0 aromatic carbocycles. The van der Waals surface area contributed by atoms with E-state index in [-0.39, 0.29) is 12.3 Å². The van der Waals surface area contributed by atoms with E-state index in [1.807, 2.05) is 6.26 Å². The van der Waals surface area contributed by atoms with Crippen LogP contribution in [0, 0.1) is 0 Å². The van der Waals surface area contributed by atoms with Crippen LogP contribution in [0.4, 0.5) is 0 Å². The first-order chi connectivity index (χ1) is 9.13. The molecule has 19 heavy (non-hydrogen) atoms. The van der Waals surface area contributed by atoms with Gasteiger partial charge in [0.15, 0.2) is 10.9 Å². The van der Waals surface area contributed by atoms with E-state index in [1.165, 1.54) is 11.8 Å². The second kappa shape index (κ2) is 8.63. The molecule has 0 aliphatic carbocycles. The van der Waals surface area contributed by atoms with Gasteiger partial charge in [0.2, 0.25) is 0 Å². The molecule has 6 heteroatoms. The number of carboxylic acids is 1. The summed E-state index contributed by atoms with van der Waals surface area (Å²) >= 11 is 1.45. The van der Waals surface area contributed by atoms with Gasteiger partial charge in [0.05, 0.1) is 0 Å². The summed E-state index contributed by atoms with van der Waals surface area (Å²) in [5.41, 5.74) is 0. The fraction of sp³-hybridized carbons (Fsp3) is 0.538. The van der Waals surface area contributed by atoms with E-state index in [2.05, 4.69) is 5.32 Å². The van der Waals surface area contributed by atoms with Crippen LogP contribution in [0.5, 0.6) is 0 Å². The van der Waals surface area contributed by atoms with Crippen molar-refractivity contribution < 1.29 is 19.1 Å². The van der Waals surface area contributed by atoms with Gasteiger partial charge in [-0.15, -0.1) is 0 Å². The molecular formula is C13H19NO4S. The van der Waals surface area contributed by atoms with E-state index in [0.29, 0.717) is 18.7 Å². The average molecular weight is 285 g/mol. The monoisotopic (exact) mass is 285 g/mol. The summed E-state index contributed by atoms with van der Waals surface area (Å²) in [6.45, 7) is 0.585. The standard InChI is InChI=1S/C13H19NO4S/c1-19-12-8-7-10(18-12)13(17)14-9-5-3-2-4-6-11(15)16/h7-8H,2-6,9H2,1H3,(H,14,17)(H,15,16). The number of thioether (sulfide) groups is 1. The molecule has 0 saturated carbocycles. The molecule has 1 aromatic heterocycles. The zero-order chi connectivity index (χ0) is 14.1. The van der Waals surface area contributed by atoms with Crippen molar-refractivity contribution in [3.05, 3.63) is 17.9 Å². The van der Waals surface area contributed by atoms with Crippen molar-refractivity contribution in [3.8, 4) is 0 Å². The first-order valence-electron chi connectivity index (χ1n) is 6.27. The van der Waals surface area contributed by atoms with Crippen molar-refractivity contribution in [1.82, 2.24) is 5.32 Å². The third-order valence-electron chi connectivity index (χ3n) is 2.61. The van der Waals surface area contributed by atoms with Crippen LogP contribution in [0.25, 0.3) is 0 Å². The van der Waals surface area contributed by atoms with E-state index >= 15 is 0 Å². The molecule has 0 atom stereocenters. The van der Waals surface area contributed by atoms with E-state index in [1.54, 1.807) is 12.1 Å². The Morgan fingerprint density at radius 3 is 2.63 bits per heavy atom. The minimum absolute atomic E-state index is 0.203. The third-order valence-corrected chi connectivity index (χ3v) is 3.23. The Morgan fingerprint density at radius 1 is 1.26 bits per heavy atom. The lowest BCUT2D eigenvalue weighted by atomic mass is 10.1. The highest BCUT2D eigenvalue weighted by atomic mass is 32.2. The molecular weight excluding hydrogens is 266 g/mol. The molecule has 5 nitrogen and oxygen atoms in total. The summed E-state index contributed by atoms with van der Waals surface area (Å²) in [5, 5.41) is 12.0. The van der Waals surface area contributed by atoms with Crippen LogP contribution in [0.1, 0.15) is 42.7 Å². The number of carbonyl (C=O) groups excluding carboxylic acids is 1. The highest BCUT2D eigenvalue weighted by Crippen LogP contribution is 2.17. The smallest absolute Gasteiger partial charge is 0.303 e. The van der Waals surface area contributed by atoms with Gasteiger partial charge in [-0.1, -0.05) is 24.6 Å². The third kappa shape index (κ3) is 6.33. The van der Waals surface area contributed by atoms with Crippen LogP contribution in [-0.2, 0) is 4.79 Å². The number of hydrogen-bond donors (Lipinski definition) is 2. The van der Waals surface area contributed by atoms with Crippen LogP contribution in [0.2, 0.25) is 0 Å². The molecule has 0 saturated heterocycles. The molecule has 0 aliphatic rings. The summed E-state index contributed by atoms with van der Waals surface area (Å²) in [7, 11) is 0. The maximum absolute atomic E-state index is 11.7. The zero-order valence-corrected chi connectivity index (χ0v) is 11.8. The quantitative estimate of drug-likeness (QED) is 0.538. The maximum Gasteiger partial charge on any atom is 0.303 e. The topological polar surface area (TPSA) is 79.5 Å². The Balaban J connectivity index is 2.09. The molecule has 0 unspecified atom stereocenters. The van der Waals surface area contributed by atoms with Crippen molar-refractivity contribution in [3.63, 3.8) is 0 Å². The van der Waals surface area contributed by atoms with Crippen molar-refractivity contribution in [2.75, 3.05) is 12.8 Å². The molecule has 1 aromatic rings. The number of unbranched alkanes of at least 4 members (excludes halogenated alkanes) is 3. The molecule has 0 bridgehead atoms. The Bertz CT molecular complexity index is 417. The maximum atomic E-state index is 11.7. The molecule has 1 rings (SSSR count). The van der Waals surface area contributed by atoms with Crippen LogP contribution >= 0.6 is 11.8 Å². The second-order valence-electron chi connectivity index (χ2n) is 4.14. The summed E-state index contributed by atoms with van der Waals surface area (Å²) in [6, 6.07) is 3.43. The zero-order valence-electron chi connectivity index (χ0n) is 11.0. The van der Waals surface area contributed by atoms with E-state index < -0.39 is 5.97 Å². The minimum Gasteiger partial charge on any atom is -0.481 e. The summed E-state index contributed by atoms with van der Waals surface area (Å²) in [4.78, 5) is 22.0. The SMILES string of the molecule is CSc1ccc(C(=O)NCCCCCCC(=O)O)o1. The van der Waals surface area contributed by atoms with E-state index in [0.717, 1.165) is 24.4 Å². The first kappa shape index (κ1) is 15.6. The van der Waals surface area contributed by atoms with Crippen molar-refractivity contribution in [2.24, 2.45) is 0 Å². The number of carbonyl (C=O) groups is 2. The lowest BCUT2D eigenvalue weighted by Crippen LogP contribution is -2.23. The number of hydrogen-bond acceptors (Lipinski definition) is 4. The number of aliphatic carboxylic acids is 1. The molecule has 0 fully saturated rings. The highest BCUT2D eigenvalue weighted by Gasteiger charge is 2.09. The van der Waals surface area contributed by atoms with Gasteiger partial charge in [-0.05, 0) is 31.2 Å². The number of rotatable bonds is 9. The molecule has 0 aliphatic heterocycles. The lowest BCUT2D eigenvalue weighted by molar-refractivity contribution is -0.137. The fourth-order valence-electron chi connectivity index (χ4n) is 1.60. The van der Waals surface area contributed by atoms with Gasteiger partial charge >= 0.3 is 5.97 Å². The van der Waals surface area contributed by atoms with Crippen molar-refractivity contribution in [2.45, 2.75) is 37.2 Å². The molecule has 2 N–H and O–H groups in total. The second-order valence-corrected chi connectivity index (χ2v) is 4.95. The van der Waals surface area contributed by atoms with E-state index in [4.69, 9.17) is 9.52 Å². The van der Waals surface area contributed by atoms with Crippen LogP contribution in [0.15, 0.2) is 21.6 Å². The Hall–Kier alpha value is -1.43. The van der Waals surface area contributed by atoms with Gasteiger partial charge < -0.3 is 14.8 Å². The lowest BCUT2D eigenvalue weighted by Gasteiger charge is -2.02. The van der Waals surface area contributed by atoms with Crippen molar-refractivity contribution >= 4 is 23.6 Å². The number of furan rings is 1. The number of nitrogens with one attached hydrogen (secondary N) is 1. The molecule has 106 valence electrons. The molecule has 1 amide bonds. The van der Waals surface area contributed by atoms with Gasteiger partial charge in [0, 0.05) is 13.0 Å². The number of amides is 1.